The van der Waals surface area contributed by atoms with Gasteiger partial charge in [-0.25, -0.2) is 0 Å². The van der Waals surface area contributed by atoms with Gasteiger partial charge in [-0.3, -0.25) is 0 Å². The summed E-state index contributed by atoms with van der Waals surface area (Å²) in [5, 5.41) is 0.752. The van der Waals surface area contributed by atoms with Gasteiger partial charge in [-0.2, -0.15) is 0 Å². The molecule has 0 saturated heterocycles. The highest BCUT2D eigenvalue weighted by Gasteiger charge is 2.17. The highest BCUT2D eigenvalue weighted by molar-refractivity contribution is 6.30. The summed E-state index contributed by atoms with van der Waals surface area (Å²) in [6.45, 7) is 1.74. The number of likely N-dealkylation sites (N-methyl/N-ethyl adjacent to an activating group) is 1. The molecule has 3 heteroatoms. The van der Waals surface area contributed by atoms with Crippen LogP contribution in [0.4, 0.5) is 0 Å². The summed E-state index contributed by atoms with van der Waals surface area (Å²) in [6, 6.07) is 8.32. The molecule has 18 heavy (non-hydrogen) atoms. The molecule has 1 aromatic rings. The predicted octanol–water partition coefficient (Wildman–Crippen LogP) is 3.98. The Bertz CT molecular complexity index is 346. The van der Waals surface area contributed by atoms with E-state index in [1.54, 1.807) is 0 Å². The van der Waals surface area contributed by atoms with Gasteiger partial charge in [0.15, 0.2) is 0 Å². The van der Waals surface area contributed by atoms with Gasteiger partial charge in [-0.05, 0) is 44.2 Å². The van der Waals surface area contributed by atoms with Crippen LogP contribution < -0.4 is 4.74 Å². The van der Waals surface area contributed by atoms with E-state index in [0.29, 0.717) is 0 Å². The molecule has 0 aromatic heterocycles. The minimum Gasteiger partial charge on any atom is -0.492 e. The molecule has 0 radical (unpaired) electrons. The van der Waals surface area contributed by atoms with Gasteiger partial charge in [-0.15, -0.1) is 0 Å². The molecule has 0 amide bonds. The van der Waals surface area contributed by atoms with Gasteiger partial charge in [-0.1, -0.05) is 30.9 Å². The van der Waals surface area contributed by atoms with Crippen LogP contribution in [0.25, 0.3) is 0 Å². The summed E-state index contributed by atoms with van der Waals surface area (Å²) < 4.78 is 5.72. The summed E-state index contributed by atoms with van der Waals surface area (Å²) in [7, 11) is 2.21. The minimum absolute atomic E-state index is 0.745. The van der Waals surface area contributed by atoms with E-state index in [4.69, 9.17) is 16.3 Å². The number of benzene rings is 1. The third-order valence-corrected chi connectivity index (χ3v) is 3.98. The Morgan fingerprint density at radius 1 is 1.17 bits per heavy atom. The van der Waals surface area contributed by atoms with E-state index in [1.807, 2.05) is 24.3 Å². The molecule has 0 N–H and O–H groups in total. The van der Waals surface area contributed by atoms with Crippen LogP contribution >= 0.6 is 11.6 Å². The maximum absolute atomic E-state index is 5.83. The summed E-state index contributed by atoms with van der Waals surface area (Å²) in [6.07, 6.45) is 6.86. The normalized spacial score (nSPS) is 17.1. The van der Waals surface area contributed by atoms with Gasteiger partial charge in [0.05, 0.1) is 0 Å². The second-order valence-electron chi connectivity index (χ2n) is 5.07. The van der Waals surface area contributed by atoms with Crippen molar-refractivity contribution < 1.29 is 4.74 Å². The minimum atomic E-state index is 0.745. The maximum atomic E-state index is 5.83. The second-order valence-corrected chi connectivity index (χ2v) is 5.51. The van der Waals surface area contributed by atoms with Crippen LogP contribution in [0.3, 0.4) is 0 Å². The molecule has 1 aliphatic carbocycles. The molecule has 1 saturated carbocycles. The second kappa shape index (κ2) is 7.01. The number of halogens is 1. The average Bonchev–Trinajstić information content (AvgIpc) is 2.42. The fourth-order valence-electron chi connectivity index (χ4n) is 2.54. The lowest BCUT2D eigenvalue weighted by Gasteiger charge is -2.31. The molecule has 0 atom stereocenters. The number of hydrogen-bond donors (Lipinski definition) is 0. The Balaban J connectivity index is 1.69. The van der Waals surface area contributed by atoms with Crippen LogP contribution in [0.2, 0.25) is 5.02 Å². The van der Waals surface area contributed by atoms with Crippen molar-refractivity contribution >= 4 is 11.6 Å². The molecule has 0 aliphatic heterocycles. The molecule has 1 aliphatic rings. The first-order valence-electron chi connectivity index (χ1n) is 6.84. The van der Waals surface area contributed by atoms with Crippen LogP contribution in [0.1, 0.15) is 32.1 Å². The van der Waals surface area contributed by atoms with Gasteiger partial charge >= 0.3 is 0 Å². The highest BCUT2D eigenvalue weighted by atomic mass is 35.5. The largest absolute Gasteiger partial charge is 0.492 e. The third kappa shape index (κ3) is 4.18. The summed E-state index contributed by atoms with van der Waals surface area (Å²) in [5.41, 5.74) is 0. The fourth-order valence-corrected chi connectivity index (χ4v) is 2.67. The molecule has 1 aromatic carbocycles. The van der Waals surface area contributed by atoms with E-state index in [9.17, 15) is 0 Å². The molecular weight excluding hydrogens is 246 g/mol. The molecule has 0 spiro atoms. The zero-order valence-electron chi connectivity index (χ0n) is 11.1. The summed E-state index contributed by atoms with van der Waals surface area (Å²) >= 11 is 5.83. The molecule has 2 rings (SSSR count). The quantitative estimate of drug-likeness (QED) is 0.800. The Hall–Kier alpha value is -0.730. The zero-order valence-corrected chi connectivity index (χ0v) is 11.8. The lowest BCUT2D eigenvalue weighted by atomic mass is 9.94. The van der Waals surface area contributed by atoms with E-state index in [2.05, 4.69) is 11.9 Å². The van der Waals surface area contributed by atoms with E-state index >= 15 is 0 Å². The SMILES string of the molecule is CN(CCOc1ccc(Cl)cc1)C1CCCCC1. The van der Waals surface area contributed by atoms with Crippen molar-refractivity contribution in [3.63, 3.8) is 0 Å². The number of nitrogens with zero attached hydrogens (tertiary/aromatic N) is 1. The predicted molar refractivity (Wildman–Crippen MR) is 76.5 cm³/mol. The standard InChI is InChI=1S/C15H22ClNO/c1-17(14-5-3-2-4-6-14)11-12-18-15-9-7-13(16)8-10-15/h7-10,14H,2-6,11-12H2,1H3. The van der Waals surface area contributed by atoms with Crippen molar-refractivity contribution in [3.05, 3.63) is 29.3 Å². The lowest BCUT2D eigenvalue weighted by Crippen LogP contribution is -2.36. The maximum Gasteiger partial charge on any atom is 0.119 e. The molecule has 2 nitrogen and oxygen atoms in total. The van der Waals surface area contributed by atoms with Gasteiger partial charge in [0.2, 0.25) is 0 Å². The van der Waals surface area contributed by atoms with Crippen LogP contribution in [-0.4, -0.2) is 31.1 Å². The van der Waals surface area contributed by atoms with Crippen molar-refractivity contribution in [1.29, 1.82) is 0 Å². The Morgan fingerprint density at radius 2 is 1.83 bits per heavy atom. The first-order valence-corrected chi connectivity index (χ1v) is 7.22. The lowest BCUT2D eigenvalue weighted by molar-refractivity contribution is 0.160. The van der Waals surface area contributed by atoms with Crippen molar-refractivity contribution in [2.45, 2.75) is 38.1 Å². The summed E-state index contributed by atoms with van der Waals surface area (Å²) in [4.78, 5) is 2.44. The van der Waals surface area contributed by atoms with E-state index < -0.39 is 0 Å². The number of hydrogen-bond acceptors (Lipinski definition) is 2. The first kappa shape index (κ1) is 13.7. The molecule has 100 valence electrons. The van der Waals surface area contributed by atoms with Crippen LogP contribution in [0, 0.1) is 0 Å². The molecule has 1 fully saturated rings. The highest BCUT2D eigenvalue weighted by Crippen LogP contribution is 2.21. The van der Waals surface area contributed by atoms with Crippen molar-refractivity contribution in [2.24, 2.45) is 0 Å². The smallest absolute Gasteiger partial charge is 0.119 e. The van der Waals surface area contributed by atoms with Gasteiger partial charge in [0, 0.05) is 17.6 Å². The number of rotatable bonds is 5. The van der Waals surface area contributed by atoms with Crippen LogP contribution in [0.15, 0.2) is 24.3 Å². The fraction of sp³-hybridized carbons (Fsp3) is 0.600. The third-order valence-electron chi connectivity index (χ3n) is 3.72. The molecular formula is C15H22ClNO. The Kier molecular flexibility index (Phi) is 5.33. The topological polar surface area (TPSA) is 12.5 Å². The van der Waals surface area contributed by atoms with Gasteiger partial charge < -0.3 is 9.64 Å². The van der Waals surface area contributed by atoms with Gasteiger partial charge in [0.1, 0.15) is 12.4 Å². The van der Waals surface area contributed by atoms with Crippen LogP contribution in [0.5, 0.6) is 5.75 Å². The molecule has 0 bridgehead atoms. The van der Waals surface area contributed by atoms with Crippen molar-refractivity contribution in [2.75, 3.05) is 20.2 Å². The van der Waals surface area contributed by atoms with E-state index in [-0.39, 0.29) is 0 Å². The van der Waals surface area contributed by atoms with E-state index in [0.717, 1.165) is 30.0 Å². The Labute approximate surface area is 115 Å². The molecule has 0 heterocycles. The van der Waals surface area contributed by atoms with Crippen molar-refractivity contribution in [3.8, 4) is 5.75 Å². The van der Waals surface area contributed by atoms with Crippen molar-refractivity contribution in [1.82, 2.24) is 4.90 Å². The number of ether oxygens (including phenoxy) is 1. The Morgan fingerprint density at radius 3 is 2.50 bits per heavy atom. The van der Waals surface area contributed by atoms with Crippen LogP contribution in [-0.2, 0) is 0 Å². The van der Waals surface area contributed by atoms with E-state index in [1.165, 1.54) is 32.1 Å². The summed E-state index contributed by atoms with van der Waals surface area (Å²) in [5.74, 6) is 0.899. The monoisotopic (exact) mass is 267 g/mol. The first-order chi connectivity index (χ1) is 8.75. The van der Waals surface area contributed by atoms with Gasteiger partial charge in [0.25, 0.3) is 0 Å². The molecule has 0 unspecified atom stereocenters. The average molecular weight is 268 g/mol. The zero-order chi connectivity index (χ0) is 12.8.